The van der Waals surface area contributed by atoms with Gasteiger partial charge in [0.2, 0.25) is 5.91 Å². The Morgan fingerprint density at radius 1 is 1.33 bits per heavy atom. The van der Waals surface area contributed by atoms with Crippen molar-refractivity contribution in [1.29, 1.82) is 0 Å². The van der Waals surface area contributed by atoms with E-state index in [0.29, 0.717) is 6.54 Å². The Morgan fingerprint density at radius 3 is 2.93 bits per heavy atom. The van der Waals surface area contributed by atoms with Crippen LogP contribution in [0.1, 0.15) is 41.4 Å². The lowest BCUT2D eigenvalue weighted by atomic mass is 9.95. The van der Waals surface area contributed by atoms with E-state index < -0.39 is 0 Å². The Morgan fingerprint density at radius 2 is 2.20 bits per heavy atom. The van der Waals surface area contributed by atoms with E-state index in [4.69, 9.17) is 4.98 Å². The van der Waals surface area contributed by atoms with Gasteiger partial charge in [0.05, 0.1) is 11.4 Å². The molecule has 1 saturated heterocycles. The summed E-state index contributed by atoms with van der Waals surface area (Å²) < 4.78 is 1.84. The van der Waals surface area contributed by atoms with Crippen molar-refractivity contribution in [3.05, 3.63) is 58.5 Å². The topological polar surface area (TPSA) is 75.9 Å². The summed E-state index contributed by atoms with van der Waals surface area (Å²) in [6.07, 6.45) is 7.34. The molecular formula is C22H26N6OS. The lowest BCUT2D eigenvalue weighted by Crippen LogP contribution is -2.38. The van der Waals surface area contributed by atoms with Crippen LogP contribution in [0.2, 0.25) is 0 Å². The number of amides is 1. The van der Waals surface area contributed by atoms with E-state index in [1.807, 2.05) is 54.8 Å². The molecule has 3 aromatic rings. The Balaban J connectivity index is 1.41. The molecule has 7 nitrogen and oxygen atoms in total. The fourth-order valence-corrected chi connectivity index (χ4v) is 4.59. The molecule has 0 radical (unpaired) electrons. The van der Waals surface area contributed by atoms with Gasteiger partial charge in [0.1, 0.15) is 5.82 Å². The molecule has 0 aromatic carbocycles. The number of anilines is 2. The van der Waals surface area contributed by atoms with Crippen LogP contribution in [0, 0.1) is 13.8 Å². The molecule has 1 aliphatic heterocycles. The number of nitrogens with zero attached hydrogens (tertiary/aromatic N) is 5. The lowest BCUT2D eigenvalue weighted by molar-refractivity contribution is -0.127. The van der Waals surface area contributed by atoms with Crippen LogP contribution in [0.25, 0.3) is 6.08 Å². The SMILES string of the molecule is Cc1nn(C)c(C)c1/C=C/C(=O)N1CCC[C@H](c2csc(Nc3ccccn3)n2)C1. The monoisotopic (exact) mass is 422 g/mol. The molecule has 4 heterocycles. The number of hydrogen-bond donors (Lipinski definition) is 1. The van der Waals surface area contributed by atoms with Crippen molar-refractivity contribution < 1.29 is 4.79 Å². The Bertz CT molecular complexity index is 1060. The summed E-state index contributed by atoms with van der Waals surface area (Å²) in [5, 5.41) is 10.6. The predicted molar refractivity (Wildman–Crippen MR) is 120 cm³/mol. The van der Waals surface area contributed by atoms with Gasteiger partial charge in [0, 0.05) is 55.0 Å². The number of aryl methyl sites for hydroxylation is 2. The summed E-state index contributed by atoms with van der Waals surface area (Å²) in [5.74, 6) is 1.09. The third-order valence-electron chi connectivity index (χ3n) is 5.53. The number of pyridine rings is 1. The van der Waals surface area contributed by atoms with Crippen molar-refractivity contribution >= 4 is 34.3 Å². The highest BCUT2D eigenvalue weighted by atomic mass is 32.1. The predicted octanol–water partition coefficient (Wildman–Crippen LogP) is 4.05. The normalized spacial score (nSPS) is 16.9. The average Bonchev–Trinajstić information content (AvgIpc) is 3.31. The van der Waals surface area contributed by atoms with Crippen molar-refractivity contribution in [1.82, 2.24) is 24.6 Å². The lowest BCUT2D eigenvalue weighted by Gasteiger charge is -2.31. The van der Waals surface area contributed by atoms with E-state index in [9.17, 15) is 4.79 Å². The molecule has 156 valence electrons. The molecule has 30 heavy (non-hydrogen) atoms. The number of carbonyl (C=O) groups excluding carboxylic acids is 1. The number of aromatic nitrogens is 4. The quantitative estimate of drug-likeness (QED) is 0.628. The Labute approximate surface area is 180 Å². The fraction of sp³-hybridized carbons (Fsp3) is 0.364. The number of carbonyl (C=O) groups is 1. The first-order chi connectivity index (χ1) is 14.5. The number of thiazole rings is 1. The summed E-state index contributed by atoms with van der Waals surface area (Å²) in [6.45, 7) is 5.46. The van der Waals surface area contributed by atoms with Gasteiger partial charge in [-0.1, -0.05) is 6.07 Å². The van der Waals surface area contributed by atoms with Gasteiger partial charge in [-0.2, -0.15) is 5.10 Å². The maximum absolute atomic E-state index is 12.8. The minimum Gasteiger partial charge on any atom is -0.338 e. The third kappa shape index (κ3) is 4.43. The van der Waals surface area contributed by atoms with E-state index in [2.05, 4.69) is 20.8 Å². The molecule has 1 aliphatic rings. The Kier molecular flexibility index (Phi) is 5.94. The first-order valence-corrected chi connectivity index (χ1v) is 11.0. The second-order valence-electron chi connectivity index (χ2n) is 7.58. The van der Waals surface area contributed by atoms with Crippen LogP contribution in [-0.2, 0) is 11.8 Å². The molecule has 1 N–H and O–H groups in total. The molecule has 8 heteroatoms. The zero-order valence-electron chi connectivity index (χ0n) is 17.5. The highest BCUT2D eigenvalue weighted by Gasteiger charge is 2.25. The molecule has 3 aromatic heterocycles. The number of hydrogen-bond acceptors (Lipinski definition) is 6. The van der Waals surface area contributed by atoms with Crippen LogP contribution in [0.15, 0.2) is 35.9 Å². The van der Waals surface area contributed by atoms with Gasteiger partial charge in [0.25, 0.3) is 0 Å². The first kappa shape index (κ1) is 20.3. The van der Waals surface area contributed by atoms with Gasteiger partial charge in [-0.05, 0) is 44.9 Å². The van der Waals surface area contributed by atoms with Gasteiger partial charge in [0.15, 0.2) is 5.13 Å². The van der Waals surface area contributed by atoms with Crippen LogP contribution in [-0.4, -0.2) is 43.6 Å². The van der Waals surface area contributed by atoms with Crippen molar-refractivity contribution in [3.63, 3.8) is 0 Å². The van der Waals surface area contributed by atoms with Crippen LogP contribution < -0.4 is 5.32 Å². The van der Waals surface area contributed by atoms with Crippen molar-refractivity contribution in [2.75, 3.05) is 18.4 Å². The van der Waals surface area contributed by atoms with Crippen molar-refractivity contribution in [2.24, 2.45) is 7.05 Å². The molecule has 0 saturated carbocycles. The van der Waals surface area contributed by atoms with Crippen LogP contribution in [0.5, 0.6) is 0 Å². The second kappa shape index (κ2) is 8.79. The minimum absolute atomic E-state index is 0.0458. The number of piperidine rings is 1. The molecule has 1 fully saturated rings. The molecule has 0 aliphatic carbocycles. The van der Waals surface area contributed by atoms with Gasteiger partial charge in [-0.25, -0.2) is 9.97 Å². The van der Waals surface area contributed by atoms with Crippen molar-refractivity contribution in [3.8, 4) is 0 Å². The van der Waals surface area contributed by atoms with E-state index in [0.717, 1.165) is 53.0 Å². The van der Waals surface area contributed by atoms with Crippen LogP contribution >= 0.6 is 11.3 Å². The molecule has 0 bridgehead atoms. The van der Waals surface area contributed by atoms with Gasteiger partial charge in [-0.15, -0.1) is 11.3 Å². The third-order valence-corrected chi connectivity index (χ3v) is 6.31. The molecule has 4 rings (SSSR count). The van der Waals surface area contributed by atoms with Crippen LogP contribution in [0.4, 0.5) is 10.9 Å². The second-order valence-corrected chi connectivity index (χ2v) is 8.44. The number of nitrogens with one attached hydrogen (secondary N) is 1. The summed E-state index contributed by atoms with van der Waals surface area (Å²) in [4.78, 5) is 23.7. The first-order valence-electron chi connectivity index (χ1n) is 10.1. The highest BCUT2D eigenvalue weighted by molar-refractivity contribution is 7.13. The summed E-state index contributed by atoms with van der Waals surface area (Å²) in [6, 6.07) is 5.74. The van der Waals surface area contributed by atoms with E-state index >= 15 is 0 Å². The summed E-state index contributed by atoms with van der Waals surface area (Å²) in [7, 11) is 1.92. The molecule has 1 amide bonds. The highest BCUT2D eigenvalue weighted by Crippen LogP contribution is 2.30. The summed E-state index contributed by atoms with van der Waals surface area (Å²) >= 11 is 1.57. The zero-order valence-corrected chi connectivity index (χ0v) is 18.3. The smallest absolute Gasteiger partial charge is 0.246 e. The molecule has 0 spiro atoms. The fourth-order valence-electron chi connectivity index (χ4n) is 3.79. The van der Waals surface area contributed by atoms with Crippen LogP contribution in [0.3, 0.4) is 0 Å². The molecular weight excluding hydrogens is 396 g/mol. The minimum atomic E-state index is 0.0458. The maximum atomic E-state index is 12.8. The van der Waals surface area contributed by atoms with Gasteiger partial charge in [-0.3, -0.25) is 9.48 Å². The average molecular weight is 423 g/mol. The number of likely N-dealkylation sites (tertiary alicyclic amines) is 1. The molecule has 1 atom stereocenters. The van der Waals surface area contributed by atoms with E-state index in [1.165, 1.54) is 0 Å². The van der Waals surface area contributed by atoms with Crippen molar-refractivity contribution in [2.45, 2.75) is 32.6 Å². The van der Waals surface area contributed by atoms with Gasteiger partial charge >= 0.3 is 0 Å². The molecule has 0 unspecified atom stereocenters. The standard InChI is InChI=1S/C22H26N6OS/c1-15-18(16(2)27(3)26-15)9-10-21(29)28-12-6-7-17(13-28)19-14-30-22(24-19)25-20-8-4-5-11-23-20/h4-5,8-11,14,17H,6-7,12-13H2,1-3H3,(H,23,24,25)/b10-9+/t17-/m0/s1. The van der Waals surface area contributed by atoms with E-state index in [-0.39, 0.29) is 11.8 Å². The van der Waals surface area contributed by atoms with E-state index in [1.54, 1.807) is 23.6 Å². The number of rotatable bonds is 5. The van der Waals surface area contributed by atoms with Gasteiger partial charge < -0.3 is 10.2 Å². The Hall–Kier alpha value is -3.00. The summed E-state index contributed by atoms with van der Waals surface area (Å²) in [5.41, 5.74) is 4.05. The largest absolute Gasteiger partial charge is 0.338 e. The zero-order chi connectivity index (χ0) is 21.1. The maximum Gasteiger partial charge on any atom is 0.246 e.